The second-order valence-electron chi connectivity index (χ2n) is 7.26. The first-order chi connectivity index (χ1) is 13.7. The molecule has 1 aromatic carbocycles. The molecule has 0 aliphatic rings. The van der Waals surface area contributed by atoms with Crippen molar-refractivity contribution in [3.63, 3.8) is 0 Å². The molecule has 2 aromatic heterocycles. The molecule has 148 valence electrons. The van der Waals surface area contributed by atoms with Crippen LogP contribution in [0.15, 0.2) is 52.3 Å². The lowest BCUT2D eigenvalue weighted by molar-refractivity contribution is 0.0924. The summed E-state index contributed by atoms with van der Waals surface area (Å²) in [7, 11) is 0. The van der Waals surface area contributed by atoms with Gasteiger partial charge in [0.1, 0.15) is 5.69 Å². The molecule has 7 heteroatoms. The second kappa shape index (κ2) is 7.79. The van der Waals surface area contributed by atoms with Crippen LogP contribution in [0.4, 0.5) is 0 Å². The average Bonchev–Trinajstić information content (AvgIpc) is 2.66. The van der Waals surface area contributed by atoms with Crippen LogP contribution in [0.25, 0.3) is 0 Å². The van der Waals surface area contributed by atoms with Gasteiger partial charge >= 0.3 is 5.69 Å². The van der Waals surface area contributed by atoms with E-state index in [0.717, 1.165) is 15.7 Å². The van der Waals surface area contributed by atoms with E-state index in [1.165, 1.54) is 24.5 Å². The quantitative estimate of drug-likeness (QED) is 0.689. The number of aromatic amines is 1. The predicted octanol–water partition coefficient (Wildman–Crippen LogP) is 2.59. The van der Waals surface area contributed by atoms with Gasteiger partial charge in [0, 0.05) is 29.1 Å². The lowest BCUT2D eigenvalue weighted by Gasteiger charge is -2.17. The van der Waals surface area contributed by atoms with Gasteiger partial charge in [-0.3, -0.25) is 24.4 Å². The zero-order chi connectivity index (χ0) is 21.3. The van der Waals surface area contributed by atoms with Gasteiger partial charge in [0.15, 0.2) is 0 Å². The molecular weight excluding hydrogens is 370 g/mol. The van der Waals surface area contributed by atoms with Crippen molar-refractivity contribution in [1.82, 2.24) is 14.5 Å². The van der Waals surface area contributed by atoms with Crippen LogP contribution < -0.4 is 11.2 Å². The van der Waals surface area contributed by atoms with Gasteiger partial charge in [-0.15, -0.1) is 0 Å². The van der Waals surface area contributed by atoms with Crippen LogP contribution in [0, 0.1) is 13.8 Å². The molecule has 3 aromatic rings. The molecule has 1 N–H and O–H groups in total. The fourth-order valence-corrected chi connectivity index (χ4v) is 3.37. The zero-order valence-electron chi connectivity index (χ0n) is 16.6. The van der Waals surface area contributed by atoms with Gasteiger partial charge in [-0.1, -0.05) is 31.0 Å². The van der Waals surface area contributed by atoms with Crippen LogP contribution in [-0.4, -0.2) is 26.2 Å². The third kappa shape index (κ3) is 3.85. The van der Waals surface area contributed by atoms with Gasteiger partial charge in [-0.2, -0.15) is 0 Å². The zero-order valence-corrected chi connectivity index (χ0v) is 16.6. The maximum Gasteiger partial charge on any atom is 0.336 e. The highest BCUT2D eigenvalue weighted by Crippen LogP contribution is 2.20. The van der Waals surface area contributed by atoms with E-state index >= 15 is 0 Å². The Morgan fingerprint density at radius 1 is 0.966 bits per heavy atom. The van der Waals surface area contributed by atoms with Crippen LogP contribution >= 0.6 is 0 Å². The number of benzene rings is 1. The molecule has 2 heterocycles. The highest BCUT2D eigenvalue weighted by atomic mass is 16.2. The van der Waals surface area contributed by atoms with E-state index in [0.29, 0.717) is 5.56 Å². The molecule has 0 radical (unpaired) electrons. The van der Waals surface area contributed by atoms with E-state index < -0.39 is 22.9 Å². The molecular formula is C22H21N3O4. The Balaban J connectivity index is 2.36. The summed E-state index contributed by atoms with van der Waals surface area (Å²) in [4.78, 5) is 57.8. The molecule has 0 atom stereocenters. The summed E-state index contributed by atoms with van der Waals surface area (Å²) in [5, 5.41) is 0. The number of pyridine rings is 1. The second-order valence-corrected chi connectivity index (χ2v) is 7.26. The van der Waals surface area contributed by atoms with E-state index in [1.54, 1.807) is 26.0 Å². The van der Waals surface area contributed by atoms with Crippen molar-refractivity contribution in [2.24, 2.45) is 0 Å². The highest BCUT2D eigenvalue weighted by Gasteiger charge is 2.28. The van der Waals surface area contributed by atoms with Crippen molar-refractivity contribution in [2.75, 3.05) is 0 Å². The first-order valence-corrected chi connectivity index (χ1v) is 9.17. The number of nitrogens with one attached hydrogen (secondary N) is 1. The fraction of sp³-hybridized carbons (Fsp3) is 0.227. The minimum absolute atomic E-state index is 0.0937. The van der Waals surface area contributed by atoms with Gasteiger partial charge in [0.2, 0.25) is 5.78 Å². The van der Waals surface area contributed by atoms with Crippen molar-refractivity contribution < 1.29 is 9.59 Å². The summed E-state index contributed by atoms with van der Waals surface area (Å²) in [6.07, 6.45) is 2.83. The number of nitrogens with zero attached hydrogens (tertiary/aromatic N) is 2. The topological polar surface area (TPSA) is 102 Å². The van der Waals surface area contributed by atoms with Crippen molar-refractivity contribution in [1.29, 1.82) is 0 Å². The number of hydrogen-bond donors (Lipinski definition) is 1. The number of ketones is 1. The molecule has 0 spiro atoms. The number of aromatic nitrogens is 3. The molecule has 0 saturated heterocycles. The number of carbonyl (C=O) groups excluding carboxylic acids is 2. The summed E-state index contributed by atoms with van der Waals surface area (Å²) in [5.41, 5.74) is 0.475. The molecule has 3 rings (SSSR count). The third-order valence-electron chi connectivity index (χ3n) is 4.55. The summed E-state index contributed by atoms with van der Waals surface area (Å²) in [5.74, 6) is -1.64. The molecule has 0 aliphatic carbocycles. The van der Waals surface area contributed by atoms with E-state index in [1.807, 2.05) is 19.9 Å². The van der Waals surface area contributed by atoms with Crippen LogP contribution in [-0.2, 0) is 0 Å². The minimum Gasteiger partial charge on any atom is -0.287 e. The smallest absolute Gasteiger partial charge is 0.287 e. The van der Waals surface area contributed by atoms with Gasteiger partial charge in [-0.05, 0) is 44.0 Å². The summed E-state index contributed by atoms with van der Waals surface area (Å²) >= 11 is 0. The first-order valence-electron chi connectivity index (χ1n) is 9.17. The lowest BCUT2D eigenvalue weighted by atomic mass is 9.95. The first kappa shape index (κ1) is 20.1. The summed E-state index contributed by atoms with van der Waals surface area (Å²) < 4.78 is 0.756. The number of carbonyl (C=O) groups is 2. The van der Waals surface area contributed by atoms with Crippen LogP contribution in [0.2, 0.25) is 0 Å². The summed E-state index contributed by atoms with van der Waals surface area (Å²) in [6.45, 7) is 7.16. The van der Waals surface area contributed by atoms with Crippen molar-refractivity contribution in [3.05, 3.63) is 97.1 Å². The Bertz CT molecular complexity index is 1200. The minimum atomic E-state index is -0.950. The van der Waals surface area contributed by atoms with E-state index in [9.17, 15) is 19.2 Å². The van der Waals surface area contributed by atoms with Gasteiger partial charge in [-0.25, -0.2) is 9.36 Å². The van der Waals surface area contributed by atoms with Gasteiger partial charge in [0.25, 0.3) is 11.5 Å². The molecule has 0 bridgehead atoms. The Morgan fingerprint density at radius 3 is 2.10 bits per heavy atom. The SMILES string of the molecule is Cc1cc(C)cc(C(=O)c2c(C(C)C)c(=O)[nH]c(=O)n2C(=O)c2ccncc2)c1. The molecule has 0 fully saturated rings. The molecule has 0 aliphatic heterocycles. The predicted molar refractivity (Wildman–Crippen MR) is 109 cm³/mol. The van der Waals surface area contributed by atoms with Crippen LogP contribution in [0.1, 0.15) is 62.9 Å². The Morgan fingerprint density at radius 2 is 1.55 bits per heavy atom. The normalized spacial score (nSPS) is 10.9. The monoisotopic (exact) mass is 391 g/mol. The number of aryl methyl sites for hydroxylation is 2. The maximum atomic E-state index is 13.5. The van der Waals surface area contributed by atoms with E-state index in [4.69, 9.17) is 0 Å². The lowest BCUT2D eigenvalue weighted by Crippen LogP contribution is -2.41. The molecule has 29 heavy (non-hydrogen) atoms. The van der Waals surface area contributed by atoms with Crippen molar-refractivity contribution >= 4 is 11.7 Å². The number of hydrogen-bond acceptors (Lipinski definition) is 5. The summed E-state index contributed by atoms with van der Waals surface area (Å²) in [6, 6.07) is 8.14. The van der Waals surface area contributed by atoms with Gasteiger partial charge < -0.3 is 0 Å². The largest absolute Gasteiger partial charge is 0.336 e. The Kier molecular flexibility index (Phi) is 5.41. The highest BCUT2D eigenvalue weighted by molar-refractivity contribution is 6.12. The molecule has 0 unspecified atom stereocenters. The van der Waals surface area contributed by atoms with E-state index in [2.05, 4.69) is 9.97 Å². The third-order valence-corrected chi connectivity index (χ3v) is 4.55. The van der Waals surface area contributed by atoms with Crippen LogP contribution in [0.3, 0.4) is 0 Å². The average molecular weight is 391 g/mol. The molecule has 0 saturated carbocycles. The number of rotatable bonds is 4. The molecule has 0 amide bonds. The fourth-order valence-electron chi connectivity index (χ4n) is 3.37. The Labute approximate surface area is 167 Å². The van der Waals surface area contributed by atoms with E-state index in [-0.39, 0.29) is 22.7 Å². The van der Waals surface area contributed by atoms with Crippen LogP contribution in [0.5, 0.6) is 0 Å². The maximum absolute atomic E-state index is 13.5. The van der Waals surface area contributed by atoms with Crippen molar-refractivity contribution in [2.45, 2.75) is 33.6 Å². The van der Waals surface area contributed by atoms with Gasteiger partial charge in [0.05, 0.1) is 0 Å². The molecule has 7 nitrogen and oxygen atoms in total. The van der Waals surface area contributed by atoms with Crippen molar-refractivity contribution in [3.8, 4) is 0 Å². The number of H-pyrrole nitrogens is 1. The Hall–Kier alpha value is -3.61. The standard InChI is InChI=1S/C22H21N3O4/c1-12(2)17-18(19(26)16-10-13(3)9-14(4)11-16)25(22(29)24-20(17)27)21(28)15-5-7-23-8-6-15/h5-12H,1-4H3,(H,24,27,29).